The van der Waals surface area contributed by atoms with Gasteiger partial charge < -0.3 is 10.1 Å². The van der Waals surface area contributed by atoms with Crippen LogP contribution in [0.3, 0.4) is 0 Å². The van der Waals surface area contributed by atoms with Crippen molar-refractivity contribution in [2.45, 2.75) is 32.2 Å². The van der Waals surface area contributed by atoms with Crippen molar-refractivity contribution in [3.05, 3.63) is 101 Å². The maximum atomic E-state index is 14.3. The van der Waals surface area contributed by atoms with Crippen molar-refractivity contribution in [3.63, 3.8) is 0 Å². The molecule has 0 unspecified atom stereocenters. The summed E-state index contributed by atoms with van der Waals surface area (Å²) in [7, 11) is 1.65. The number of methoxy groups -OCH3 is 1. The summed E-state index contributed by atoms with van der Waals surface area (Å²) in [6.45, 7) is 4.62. The van der Waals surface area contributed by atoms with Gasteiger partial charge in [0.1, 0.15) is 11.6 Å². The molecule has 3 aromatic carbocycles. The lowest BCUT2D eigenvalue weighted by Crippen LogP contribution is -2.45. The van der Waals surface area contributed by atoms with Crippen LogP contribution in [0.5, 0.6) is 5.75 Å². The van der Waals surface area contributed by atoms with Crippen LogP contribution >= 0.6 is 0 Å². The van der Waals surface area contributed by atoms with Gasteiger partial charge in [0.2, 0.25) is 5.91 Å². The van der Waals surface area contributed by atoms with Crippen molar-refractivity contribution in [1.82, 2.24) is 10.2 Å². The summed E-state index contributed by atoms with van der Waals surface area (Å²) in [5, 5.41) is 3.14. The predicted octanol–water partition coefficient (Wildman–Crippen LogP) is 5.11. The third-order valence-corrected chi connectivity index (χ3v) is 6.63. The van der Waals surface area contributed by atoms with Gasteiger partial charge in [0.15, 0.2) is 0 Å². The molecule has 0 saturated carbocycles. The van der Waals surface area contributed by atoms with Crippen LogP contribution < -0.4 is 10.1 Å². The van der Waals surface area contributed by atoms with Crippen molar-refractivity contribution in [2.24, 2.45) is 5.92 Å². The fraction of sp³-hybridized carbons (Fsp3) is 0.345. The molecule has 1 amide bonds. The molecule has 0 aliphatic carbocycles. The van der Waals surface area contributed by atoms with E-state index < -0.39 is 0 Å². The highest BCUT2D eigenvalue weighted by molar-refractivity contribution is 5.79. The van der Waals surface area contributed by atoms with Crippen molar-refractivity contribution in [3.8, 4) is 5.75 Å². The molecule has 1 aliphatic rings. The van der Waals surface area contributed by atoms with E-state index in [-0.39, 0.29) is 23.6 Å². The van der Waals surface area contributed by atoms with E-state index in [0.29, 0.717) is 25.2 Å². The highest BCUT2D eigenvalue weighted by Crippen LogP contribution is 2.32. The van der Waals surface area contributed by atoms with Crippen molar-refractivity contribution in [2.75, 3.05) is 26.7 Å². The number of amides is 1. The van der Waals surface area contributed by atoms with Crippen LogP contribution in [0.25, 0.3) is 0 Å². The number of carbonyl (C=O) groups is 1. The lowest BCUT2D eigenvalue weighted by Gasteiger charge is -2.37. The van der Waals surface area contributed by atoms with E-state index in [1.165, 1.54) is 17.2 Å². The van der Waals surface area contributed by atoms with E-state index in [9.17, 15) is 9.18 Å². The lowest BCUT2D eigenvalue weighted by atomic mass is 9.83. The van der Waals surface area contributed by atoms with E-state index in [1.54, 1.807) is 13.2 Å². The van der Waals surface area contributed by atoms with Gasteiger partial charge in [0, 0.05) is 31.7 Å². The predicted molar refractivity (Wildman–Crippen MR) is 133 cm³/mol. The van der Waals surface area contributed by atoms with Gasteiger partial charge in [-0.05, 0) is 55.0 Å². The molecule has 1 fully saturated rings. The quantitative estimate of drug-likeness (QED) is 0.508. The van der Waals surface area contributed by atoms with Gasteiger partial charge in [-0.1, -0.05) is 60.2 Å². The first-order valence-corrected chi connectivity index (χ1v) is 11.9. The van der Waals surface area contributed by atoms with Crippen LogP contribution in [0, 0.1) is 18.7 Å². The molecule has 178 valence electrons. The number of piperidine rings is 1. The molecule has 1 saturated heterocycles. The third-order valence-electron chi connectivity index (χ3n) is 6.63. The van der Waals surface area contributed by atoms with E-state index in [2.05, 4.69) is 41.4 Å². The number of rotatable bonds is 8. The summed E-state index contributed by atoms with van der Waals surface area (Å²) in [4.78, 5) is 15.4. The Bertz CT molecular complexity index is 1100. The molecule has 4 rings (SSSR count). The summed E-state index contributed by atoms with van der Waals surface area (Å²) < 4.78 is 19.5. The lowest BCUT2D eigenvalue weighted by molar-refractivity contribution is -0.127. The van der Waals surface area contributed by atoms with Gasteiger partial charge >= 0.3 is 0 Å². The number of nitrogens with zero attached hydrogens (tertiary/aromatic N) is 1. The molecule has 34 heavy (non-hydrogen) atoms. The Hall–Kier alpha value is -3.18. The van der Waals surface area contributed by atoms with E-state index >= 15 is 0 Å². The molecule has 0 radical (unpaired) electrons. The Morgan fingerprint density at radius 1 is 1.06 bits per heavy atom. The van der Waals surface area contributed by atoms with Crippen LogP contribution in [-0.4, -0.2) is 37.6 Å². The van der Waals surface area contributed by atoms with Crippen molar-refractivity contribution < 1.29 is 13.9 Å². The Balaban J connectivity index is 1.43. The molecule has 0 bridgehead atoms. The van der Waals surface area contributed by atoms with Gasteiger partial charge in [-0.15, -0.1) is 0 Å². The number of aryl methyl sites for hydroxylation is 1. The maximum absolute atomic E-state index is 14.3. The Labute approximate surface area is 201 Å². The normalized spacial score (nSPS) is 18.4. The number of likely N-dealkylation sites (tertiary alicyclic amines) is 1. The monoisotopic (exact) mass is 460 g/mol. The average Bonchev–Trinajstić information content (AvgIpc) is 2.85. The van der Waals surface area contributed by atoms with Crippen LogP contribution in [0.1, 0.15) is 34.6 Å². The Morgan fingerprint density at radius 3 is 2.59 bits per heavy atom. The van der Waals surface area contributed by atoms with Crippen LogP contribution in [0.15, 0.2) is 72.8 Å². The first-order chi connectivity index (χ1) is 16.5. The number of benzene rings is 3. The number of ether oxygens (including phenoxy) is 1. The molecule has 0 aromatic heterocycles. The minimum absolute atomic E-state index is 0.0735. The van der Waals surface area contributed by atoms with Gasteiger partial charge in [-0.2, -0.15) is 0 Å². The maximum Gasteiger partial charge on any atom is 0.224 e. The zero-order valence-electron chi connectivity index (χ0n) is 20.0. The number of hydrogen-bond acceptors (Lipinski definition) is 3. The van der Waals surface area contributed by atoms with E-state index in [1.807, 2.05) is 36.4 Å². The highest BCUT2D eigenvalue weighted by atomic mass is 19.1. The zero-order valence-corrected chi connectivity index (χ0v) is 20.0. The molecule has 3 aromatic rings. The van der Waals surface area contributed by atoms with Crippen LogP contribution in [-0.2, 0) is 17.8 Å². The fourth-order valence-electron chi connectivity index (χ4n) is 4.81. The third kappa shape index (κ3) is 6.23. The molecule has 2 atom stereocenters. The summed E-state index contributed by atoms with van der Waals surface area (Å²) >= 11 is 0. The average molecular weight is 461 g/mol. The number of carbonyl (C=O) groups excluding carboxylic acids is 1. The van der Waals surface area contributed by atoms with Gasteiger partial charge in [-0.3, -0.25) is 9.69 Å². The van der Waals surface area contributed by atoms with Gasteiger partial charge in [0.05, 0.1) is 13.0 Å². The molecule has 0 spiro atoms. The smallest absolute Gasteiger partial charge is 0.224 e. The van der Waals surface area contributed by atoms with Crippen LogP contribution in [0.2, 0.25) is 0 Å². The standard InChI is InChI=1S/C29H33FN2O2/c1-21-6-5-8-23(16-21)25-17-26(20-32(19-25)18-24-7-3-4-9-28(24)30)29(33)31-15-14-22-10-12-27(34-2)13-11-22/h3-13,16,25-26H,14-15,17-20H2,1-2H3,(H,31,33)/t25-,26+/m0/s1. The summed E-state index contributed by atoms with van der Waals surface area (Å²) in [6.07, 6.45) is 1.56. The highest BCUT2D eigenvalue weighted by Gasteiger charge is 2.32. The second kappa shape index (κ2) is 11.3. The van der Waals surface area contributed by atoms with E-state index in [0.717, 1.165) is 30.7 Å². The SMILES string of the molecule is COc1ccc(CCNC(=O)[C@@H]2C[C@H](c3cccc(C)c3)CN(Cc3ccccc3F)C2)cc1. The minimum atomic E-state index is -0.194. The van der Waals surface area contributed by atoms with Crippen molar-refractivity contribution in [1.29, 1.82) is 0 Å². The molecular weight excluding hydrogens is 427 g/mol. The Kier molecular flexibility index (Phi) is 7.96. The molecule has 1 aliphatic heterocycles. The first-order valence-electron chi connectivity index (χ1n) is 11.9. The summed E-state index contributed by atoms with van der Waals surface area (Å²) in [5.41, 5.74) is 4.29. The molecule has 5 heteroatoms. The second-order valence-electron chi connectivity index (χ2n) is 9.22. The minimum Gasteiger partial charge on any atom is -0.497 e. The number of hydrogen-bond donors (Lipinski definition) is 1. The largest absolute Gasteiger partial charge is 0.497 e. The van der Waals surface area contributed by atoms with Gasteiger partial charge in [0.25, 0.3) is 0 Å². The molecule has 4 nitrogen and oxygen atoms in total. The summed E-state index contributed by atoms with van der Waals surface area (Å²) in [6, 6.07) is 23.3. The Morgan fingerprint density at radius 2 is 1.85 bits per heavy atom. The fourth-order valence-corrected chi connectivity index (χ4v) is 4.81. The molecular formula is C29H33FN2O2. The molecule has 1 heterocycles. The molecule has 1 N–H and O–H groups in total. The number of nitrogens with one attached hydrogen (secondary N) is 1. The van der Waals surface area contributed by atoms with Gasteiger partial charge in [-0.25, -0.2) is 4.39 Å². The van der Waals surface area contributed by atoms with E-state index in [4.69, 9.17) is 4.74 Å². The summed E-state index contributed by atoms with van der Waals surface area (Å²) in [5.74, 6) is 0.803. The second-order valence-corrected chi connectivity index (χ2v) is 9.22. The topological polar surface area (TPSA) is 41.6 Å². The van der Waals surface area contributed by atoms with Crippen LogP contribution in [0.4, 0.5) is 4.39 Å². The number of halogens is 1. The van der Waals surface area contributed by atoms with Crippen molar-refractivity contribution >= 4 is 5.91 Å². The zero-order chi connectivity index (χ0) is 23.9. The first kappa shape index (κ1) is 24.0.